The highest BCUT2D eigenvalue weighted by Crippen LogP contribution is 2.17. The van der Waals surface area contributed by atoms with Crippen LogP contribution < -0.4 is 0 Å². The molecule has 0 spiro atoms. The third kappa shape index (κ3) is 2.42. The second-order valence-corrected chi connectivity index (χ2v) is 3.55. The molecule has 2 atom stereocenters. The monoisotopic (exact) mass is 185 g/mol. The molecular formula is C9H15NO3. The first-order chi connectivity index (χ1) is 6.34. The first kappa shape index (κ1) is 8.97. The summed E-state index contributed by atoms with van der Waals surface area (Å²) in [5.41, 5.74) is 0. The van der Waals surface area contributed by atoms with Gasteiger partial charge in [-0.15, -0.1) is 0 Å². The molecule has 2 heterocycles. The lowest BCUT2D eigenvalue weighted by atomic mass is 10.2. The van der Waals surface area contributed by atoms with E-state index in [-0.39, 0.29) is 12.4 Å². The SMILES string of the molecule is [O-][N+]1=C[C@@H](OC2CCCCO2)CC1. The highest BCUT2D eigenvalue weighted by atomic mass is 16.7. The molecule has 2 rings (SSSR count). The molecule has 1 unspecified atom stereocenters. The normalized spacial score (nSPS) is 34.6. The van der Waals surface area contributed by atoms with Crippen molar-refractivity contribution >= 4 is 6.21 Å². The zero-order chi connectivity index (χ0) is 9.10. The summed E-state index contributed by atoms with van der Waals surface area (Å²) in [6, 6.07) is 0. The molecule has 2 aliphatic rings. The van der Waals surface area contributed by atoms with E-state index in [1.54, 1.807) is 6.21 Å². The smallest absolute Gasteiger partial charge is 0.180 e. The van der Waals surface area contributed by atoms with Crippen LogP contribution in [0.1, 0.15) is 25.7 Å². The quantitative estimate of drug-likeness (QED) is 0.474. The maximum absolute atomic E-state index is 10.8. The fourth-order valence-corrected chi connectivity index (χ4v) is 1.71. The minimum atomic E-state index is -0.0819. The van der Waals surface area contributed by atoms with Crippen molar-refractivity contribution in [2.24, 2.45) is 0 Å². The van der Waals surface area contributed by atoms with E-state index in [1.807, 2.05) is 0 Å². The van der Waals surface area contributed by atoms with Crippen molar-refractivity contribution < 1.29 is 14.2 Å². The van der Waals surface area contributed by atoms with Crippen LogP contribution in [0.25, 0.3) is 0 Å². The predicted molar refractivity (Wildman–Crippen MR) is 47.6 cm³/mol. The van der Waals surface area contributed by atoms with Crippen LogP contribution >= 0.6 is 0 Å². The average molecular weight is 185 g/mol. The molecule has 1 fully saturated rings. The van der Waals surface area contributed by atoms with E-state index in [9.17, 15) is 5.21 Å². The Balaban J connectivity index is 1.77. The molecule has 1 saturated heterocycles. The number of ether oxygens (including phenoxy) is 2. The lowest BCUT2D eigenvalue weighted by Gasteiger charge is -2.23. The maximum atomic E-state index is 10.8. The number of hydrogen-bond acceptors (Lipinski definition) is 3. The molecule has 0 saturated carbocycles. The molecule has 0 N–H and O–H groups in total. The molecule has 0 amide bonds. The third-order valence-electron chi connectivity index (χ3n) is 2.43. The molecule has 74 valence electrons. The molecule has 4 nitrogen and oxygen atoms in total. The summed E-state index contributed by atoms with van der Waals surface area (Å²) in [5.74, 6) is 0. The summed E-state index contributed by atoms with van der Waals surface area (Å²) in [4.78, 5) is 0. The van der Waals surface area contributed by atoms with E-state index in [0.29, 0.717) is 6.54 Å². The van der Waals surface area contributed by atoms with E-state index in [0.717, 1.165) is 30.6 Å². The van der Waals surface area contributed by atoms with Crippen LogP contribution in [0.2, 0.25) is 0 Å². The zero-order valence-corrected chi connectivity index (χ0v) is 7.65. The summed E-state index contributed by atoms with van der Waals surface area (Å²) in [7, 11) is 0. The lowest BCUT2D eigenvalue weighted by molar-refractivity contribution is -0.443. The lowest BCUT2D eigenvalue weighted by Crippen LogP contribution is -2.27. The number of hydroxylamine groups is 1. The van der Waals surface area contributed by atoms with Gasteiger partial charge >= 0.3 is 0 Å². The maximum Gasteiger partial charge on any atom is 0.180 e. The Bertz CT molecular complexity index is 199. The Hall–Kier alpha value is -0.610. The minimum absolute atomic E-state index is 0.0272. The summed E-state index contributed by atoms with van der Waals surface area (Å²) in [6.07, 6.45) is 5.53. The molecule has 0 bridgehead atoms. The topological polar surface area (TPSA) is 44.5 Å². The molecule has 2 aliphatic heterocycles. The number of nitrogens with zero attached hydrogens (tertiary/aromatic N) is 1. The second-order valence-electron chi connectivity index (χ2n) is 3.55. The van der Waals surface area contributed by atoms with Gasteiger partial charge in [-0.1, -0.05) is 0 Å². The van der Waals surface area contributed by atoms with Gasteiger partial charge in [0.05, 0.1) is 0 Å². The Morgan fingerprint density at radius 2 is 2.31 bits per heavy atom. The third-order valence-corrected chi connectivity index (χ3v) is 2.43. The van der Waals surface area contributed by atoms with Gasteiger partial charge in [0, 0.05) is 13.0 Å². The van der Waals surface area contributed by atoms with Crippen molar-refractivity contribution in [1.29, 1.82) is 0 Å². The average Bonchev–Trinajstić information content (AvgIpc) is 2.53. The van der Waals surface area contributed by atoms with E-state index in [4.69, 9.17) is 9.47 Å². The van der Waals surface area contributed by atoms with E-state index >= 15 is 0 Å². The van der Waals surface area contributed by atoms with Gasteiger partial charge in [-0.2, -0.15) is 0 Å². The van der Waals surface area contributed by atoms with Crippen LogP contribution in [-0.2, 0) is 9.47 Å². The highest BCUT2D eigenvalue weighted by molar-refractivity contribution is 5.59. The highest BCUT2D eigenvalue weighted by Gasteiger charge is 2.24. The molecule has 0 aliphatic carbocycles. The predicted octanol–water partition coefficient (Wildman–Crippen LogP) is 0.883. The van der Waals surface area contributed by atoms with Gasteiger partial charge in [-0.3, -0.25) is 0 Å². The van der Waals surface area contributed by atoms with Gasteiger partial charge in [0.15, 0.2) is 19.0 Å². The largest absolute Gasteiger partial charge is 0.624 e. The molecule has 4 heteroatoms. The summed E-state index contributed by atoms with van der Waals surface area (Å²) in [5, 5.41) is 10.8. The van der Waals surface area contributed by atoms with Gasteiger partial charge in [-0.05, 0) is 19.3 Å². The van der Waals surface area contributed by atoms with E-state index in [2.05, 4.69) is 0 Å². The molecule has 0 radical (unpaired) electrons. The van der Waals surface area contributed by atoms with Crippen molar-refractivity contribution in [3.8, 4) is 0 Å². The summed E-state index contributed by atoms with van der Waals surface area (Å²) >= 11 is 0. The van der Waals surface area contributed by atoms with E-state index < -0.39 is 0 Å². The molecule has 0 aromatic carbocycles. The van der Waals surface area contributed by atoms with E-state index in [1.165, 1.54) is 6.42 Å². The zero-order valence-electron chi connectivity index (χ0n) is 7.65. The first-order valence-electron chi connectivity index (χ1n) is 4.90. The number of rotatable bonds is 2. The second kappa shape index (κ2) is 4.07. The van der Waals surface area contributed by atoms with Crippen molar-refractivity contribution in [3.05, 3.63) is 5.21 Å². The fraction of sp³-hybridized carbons (Fsp3) is 0.889. The van der Waals surface area contributed by atoms with Gasteiger partial charge < -0.3 is 14.7 Å². The van der Waals surface area contributed by atoms with Crippen LogP contribution in [0.4, 0.5) is 0 Å². The summed E-state index contributed by atoms with van der Waals surface area (Å²) < 4.78 is 12.0. The Morgan fingerprint density at radius 1 is 1.38 bits per heavy atom. The van der Waals surface area contributed by atoms with Gasteiger partial charge in [0.25, 0.3) is 0 Å². The van der Waals surface area contributed by atoms with Crippen molar-refractivity contribution in [2.75, 3.05) is 13.2 Å². The minimum Gasteiger partial charge on any atom is -0.624 e. The molecule has 13 heavy (non-hydrogen) atoms. The first-order valence-corrected chi connectivity index (χ1v) is 4.90. The fourth-order valence-electron chi connectivity index (χ4n) is 1.71. The Morgan fingerprint density at radius 3 is 2.92 bits per heavy atom. The summed E-state index contributed by atoms with van der Waals surface area (Å²) in [6.45, 7) is 1.34. The van der Waals surface area contributed by atoms with Crippen LogP contribution in [0.5, 0.6) is 0 Å². The van der Waals surface area contributed by atoms with Gasteiger partial charge in [-0.25, -0.2) is 4.74 Å². The molecule has 0 aromatic rings. The van der Waals surface area contributed by atoms with Crippen LogP contribution in [0.15, 0.2) is 0 Å². The number of hydrogen-bond donors (Lipinski definition) is 0. The molecule has 0 aromatic heterocycles. The van der Waals surface area contributed by atoms with Crippen molar-refractivity contribution in [3.63, 3.8) is 0 Å². The van der Waals surface area contributed by atoms with Crippen LogP contribution in [-0.4, -0.2) is 36.5 Å². The van der Waals surface area contributed by atoms with Crippen LogP contribution in [0.3, 0.4) is 0 Å². The van der Waals surface area contributed by atoms with Crippen molar-refractivity contribution in [1.82, 2.24) is 0 Å². The Labute approximate surface area is 77.7 Å². The van der Waals surface area contributed by atoms with Crippen LogP contribution in [0, 0.1) is 5.21 Å². The van der Waals surface area contributed by atoms with Gasteiger partial charge in [0.2, 0.25) is 0 Å². The van der Waals surface area contributed by atoms with Crippen molar-refractivity contribution in [2.45, 2.75) is 38.1 Å². The Kier molecular flexibility index (Phi) is 2.80. The molecular weight excluding hydrogens is 170 g/mol. The van der Waals surface area contributed by atoms with Gasteiger partial charge in [0.1, 0.15) is 6.10 Å². The standard InChI is InChI=1S/C9H15NO3/c11-10-5-4-8(7-10)13-9-3-1-2-6-12-9/h7-9H,1-6H2/t8-,9?/m0/s1.